The van der Waals surface area contributed by atoms with Crippen LogP contribution in [0, 0.1) is 6.92 Å². The third-order valence-electron chi connectivity index (χ3n) is 3.79. The minimum absolute atomic E-state index is 0.239. The number of aromatic nitrogens is 1. The molecule has 2 heteroatoms. The molecule has 0 N–H and O–H groups in total. The first-order valence-corrected chi connectivity index (χ1v) is 8.22. The van der Waals surface area contributed by atoms with Crippen LogP contribution in [0.4, 0.5) is 0 Å². The zero-order valence-corrected chi connectivity index (χ0v) is 14.5. The third-order valence-corrected chi connectivity index (χ3v) is 4.59. The topological polar surface area (TPSA) is 12.9 Å². The molecule has 0 radical (unpaired) electrons. The Morgan fingerprint density at radius 3 is 2.43 bits per heavy atom. The number of allylic oxidation sites excluding steroid dienone is 4. The lowest BCUT2D eigenvalue weighted by molar-refractivity contribution is 0.838. The highest BCUT2D eigenvalue weighted by Gasteiger charge is 2.18. The molecule has 0 unspecified atom stereocenters. The van der Waals surface area contributed by atoms with E-state index in [1.807, 2.05) is 12.4 Å². The van der Waals surface area contributed by atoms with E-state index >= 15 is 0 Å². The van der Waals surface area contributed by atoms with Crippen LogP contribution in [0.25, 0.3) is 16.7 Å². The van der Waals surface area contributed by atoms with Gasteiger partial charge in [-0.15, -0.1) is 0 Å². The van der Waals surface area contributed by atoms with Gasteiger partial charge in [-0.05, 0) is 37.5 Å². The van der Waals surface area contributed by atoms with Crippen LogP contribution in [-0.2, 0) is 0 Å². The molecule has 0 amide bonds. The number of hydrogen-bond donors (Lipinski definition) is 0. The molecule has 1 atom stereocenters. The molecular weight excluding hydrogens is 369 g/mol. The molecule has 1 nitrogen and oxygen atoms in total. The average molecular weight is 387 g/mol. The summed E-state index contributed by atoms with van der Waals surface area (Å²) in [5.41, 5.74) is 6.13. The van der Waals surface area contributed by atoms with Crippen LogP contribution < -0.4 is 0 Å². The fraction of sp³-hybridized carbons (Fsp3) is 0.211. The first-order chi connectivity index (χ1) is 10.0. The second-order valence-electron chi connectivity index (χ2n) is 5.80. The summed E-state index contributed by atoms with van der Waals surface area (Å²) >= 11 is 2.49. The van der Waals surface area contributed by atoms with Crippen molar-refractivity contribution in [1.82, 2.24) is 4.98 Å². The first-order valence-electron chi connectivity index (χ1n) is 7.14. The van der Waals surface area contributed by atoms with Gasteiger partial charge < -0.3 is 0 Å². The Bertz CT molecular complexity index is 709. The van der Waals surface area contributed by atoms with Gasteiger partial charge in [0.2, 0.25) is 0 Å². The van der Waals surface area contributed by atoms with Gasteiger partial charge in [-0.1, -0.05) is 70.6 Å². The molecule has 0 saturated carbocycles. The lowest BCUT2D eigenvalue weighted by atomic mass is 9.93. The van der Waals surface area contributed by atoms with Gasteiger partial charge in [0.25, 0.3) is 0 Å². The highest BCUT2D eigenvalue weighted by molar-refractivity contribution is 14.1. The van der Waals surface area contributed by atoms with Crippen molar-refractivity contribution in [3.8, 4) is 11.1 Å². The van der Waals surface area contributed by atoms with E-state index in [2.05, 4.69) is 90.0 Å². The molecule has 0 fully saturated rings. The van der Waals surface area contributed by atoms with E-state index in [0.29, 0.717) is 0 Å². The average Bonchev–Trinajstić information content (AvgIpc) is 2.48. The summed E-state index contributed by atoms with van der Waals surface area (Å²) in [5, 5.41) is 0. The molecule has 106 valence electrons. The van der Waals surface area contributed by atoms with Gasteiger partial charge in [-0.3, -0.25) is 4.98 Å². The Labute approximate surface area is 140 Å². The number of benzene rings is 1. The van der Waals surface area contributed by atoms with Crippen molar-refractivity contribution in [2.24, 2.45) is 0 Å². The van der Waals surface area contributed by atoms with Crippen molar-refractivity contribution in [3.05, 3.63) is 72.1 Å². The summed E-state index contributed by atoms with van der Waals surface area (Å²) in [5.74, 6) is 0. The van der Waals surface area contributed by atoms with Crippen LogP contribution in [0.15, 0.2) is 61.0 Å². The van der Waals surface area contributed by atoms with Crippen LogP contribution in [0.2, 0.25) is 0 Å². The molecule has 0 saturated heterocycles. The van der Waals surface area contributed by atoms with Gasteiger partial charge in [0.05, 0.1) is 0 Å². The van der Waals surface area contributed by atoms with E-state index in [9.17, 15) is 0 Å². The second-order valence-corrected chi connectivity index (χ2v) is 8.27. The molecule has 21 heavy (non-hydrogen) atoms. The van der Waals surface area contributed by atoms with Crippen molar-refractivity contribution < 1.29 is 0 Å². The zero-order chi connectivity index (χ0) is 14.9. The van der Waals surface area contributed by atoms with E-state index < -0.39 is 0 Å². The lowest BCUT2D eigenvalue weighted by Gasteiger charge is -2.21. The predicted molar refractivity (Wildman–Crippen MR) is 98.6 cm³/mol. The zero-order valence-electron chi connectivity index (χ0n) is 12.3. The van der Waals surface area contributed by atoms with Crippen LogP contribution in [-0.4, -0.2) is 8.41 Å². The van der Waals surface area contributed by atoms with Gasteiger partial charge in [0.1, 0.15) is 0 Å². The van der Waals surface area contributed by atoms with Crippen molar-refractivity contribution in [2.75, 3.05) is 0 Å². The number of nitrogens with zero attached hydrogens (tertiary/aromatic N) is 1. The molecule has 1 aliphatic carbocycles. The number of rotatable bonds is 2. The van der Waals surface area contributed by atoms with Gasteiger partial charge >= 0.3 is 0 Å². The van der Waals surface area contributed by atoms with Gasteiger partial charge in [0, 0.05) is 26.9 Å². The van der Waals surface area contributed by atoms with Crippen LogP contribution in [0.1, 0.15) is 24.5 Å². The summed E-state index contributed by atoms with van der Waals surface area (Å²) in [7, 11) is 0. The van der Waals surface area contributed by atoms with E-state index in [-0.39, 0.29) is 3.42 Å². The largest absolute Gasteiger partial charge is 0.263 e. The molecule has 0 bridgehead atoms. The van der Waals surface area contributed by atoms with Crippen molar-refractivity contribution in [1.29, 1.82) is 0 Å². The van der Waals surface area contributed by atoms with E-state index in [0.717, 1.165) is 6.42 Å². The summed E-state index contributed by atoms with van der Waals surface area (Å²) in [6.07, 6.45) is 11.7. The highest BCUT2D eigenvalue weighted by Crippen LogP contribution is 2.33. The van der Waals surface area contributed by atoms with Crippen molar-refractivity contribution >= 4 is 28.2 Å². The number of alkyl halides is 1. The number of pyridine rings is 1. The Morgan fingerprint density at radius 1 is 1.05 bits per heavy atom. The summed E-state index contributed by atoms with van der Waals surface area (Å²) in [6.45, 7) is 4.36. The summed E-state index contributed by atoms with van der Waals surface area (Å²) in [4.78, 5) is 4.42. The molecule has 1 aliphatic rings. The first kappa shape index (κ1) is 14.5. The SMILES string of the molecule is Cc1ccc(-c2cncc(C3=CC[C@](C)(I)C=C3)c2)cc1. The molecule has 0 spiro atoms. The Morgan fingerprint density at radius 2 is 1.76 bits per heavy atom. The van der Waals surface area contributed by atoms with Crippen molar-refractivity contribution in [2.45, 2.75) is 23.7 Å². The standard InChI is InChI=1S/C19H18IN/c1-14-3-5-15(6-4-14)17-11-18(13-21-12-17)16-7-9-19(2,20)10-8-16/h3-9,11-13H,10H2,1-2H3/t19-/m1/s1. The molecule has 1 aromatic heterocycles. The number of aryl methyl sites for hydroxylation is 1. The fourth-order valence-electron chi connectivity index (χ4n) is 2.42. The van der Waals surface area contributed by atoms with E-state index in [1.54, 1.807) is 0 Å². The molecular formula is C19H18IN. The predicted octanol–water partition coefficient (Wildman–Crippen LogP) is 5.59. The van der Waals surface area contributed by atoms with Gasteiger partial charge in [-0.25, -0.2) is 0 Å². The van der Waals surface area contributed by atoms with Gasteiger partial charge in [0.15, 0.2) is 0 Å². The Kier molecular flexibility index (Phi) is 3.98. The molecule has 1 heterocycles. The summed E-state index contributed by atoms with van der Waals surface area (Å²) in [6, 6.07) is 10.8. The molecule has 0 aliphatic heterocycles. The van der Waals surface area contributed by atoms with Crippen LogP contribution >= 0.6 is 22.6 Å². The third kappa shape index (κ3) is 3.43. The molecule has 2 aromatic rings. The Hall–Kier alpha value is -1.42. The number of hydrogen-bond acceptors (Lipinski definition) is 1. The lowest BCUT2D eigenvalue weighted by Crippen LogP contribution is -2.12. The van der Waals surface area contributed by atoms with Crippen molar-refractivity contribution in [3.63, 3.8) is 0 Å². The highest BCUT2D eigenvalue weighted by atomic mass is 127. The minimum atomic E-state index is 0.239. The fourth-order valence-corrected chi connectivity index (χ4v) is 2.82. The quantitative estimate of drug-likeness (QED) is 0.483. The number of halogens is 1. The minimum Gasteiger partial charge on any atom is -0.263 e. The van der Waals surface area contributed by atoms with Gasteiger partial charge in [-0.2, -0.15) is 0 Å². The summed E-state index contributed by atoms with van der Waals surface area (Å²) < 4.78 is 0.239. The second kappa shape index (κ2) is 5.76. The Balaban J connectivity index is 1.93. The monoisotopic (exact) mass is 387 g/mol. The maximum atomic E-state index is 4.42. The smallest absolute Gasteiger partial charge is 0.0410 e. The normalized spacial score (nSPS) is 21.2. The van der Waals surface area contributed by atoms with E-state index in [1.165, 1.54) is 27.8 Å². The maximum absolute atomic E-state index is 4.42. The molecule has 1 aromatic carbocycles. The van der Waals surface area contributed by atoms with Crippen LogP contribution in [0.3, 0.4) is 0 Å². The van der Waals surface area contributed by atoms with Crippen LogP contribution in [0.5, 0.6) is 0 Å². The van der Waals surface area contributed by atoms with E-state index in [4.69, 9.17) is 0 Å². The molecule has 3 rings (SSSR count). The maximum Gasteiger partial charge on any atom is 0.0410 e.